The molecule has 2 rings (SSSR count). The van der Waals surface area contributed by atoms with Crippen molar-refractivity contribution in [3.8, 4) is 0 Å². The molecule has 0 spiro atoms. The van der Waals surface area contributed by atoms with Crippen LogP contribution in [-0.2, 0) is 14.3 Å². The van der Waals surface area contributed by atoms with E-state index < -0.39 is 0 Å². The molecule has 0 bridgehead atoms. The number of carbonyl (C=O) groups is 2. The minimum atomic E-state index is -0.335. The molecule has 13 heavy (non-hydrogen) atoms. The van der Waals surface area contributed by atoms with Gasteiger partial charge >= 0.3 is 11.9 Å². The molecule has 2 saturated heterocycles. The van der Waals surface area contributed by atoms with Crippen molar-refractivity contribution in [3.63, 3.8) is 0 Å². The highest BCUT2D eigenvalue weighted by molar-refractivity contribution is 5.97. The Morgan fingerprint density at radius 1 is 1.46 bits per heavy atom. The Bertz CT molecular complexity index is 264. The molecule has 2 heterocycles. The summed E-state index contributed by atoms with van der Waals surface area (Å²) >= 11 is 0. The summed E-state index contributed by atoms with van der Waals surface area (Å²) in [5.41, 5.74) is 0. The highest BCUT2D eigenvalue weighted by Gasteiger charge is 2.53. The first-order valence-corrected chi connectivity index (χ1v) is 4.61. The molecule has 0 aromatic rings. The van der Waals surface area contributed by atoms with Crippen molar-refractivity contribution in [1.29, 1.82) is 0 Å². The molecule has 0 aromatic heterocycles. The zero-order valence-corrected chi connectivity index (χ0v) is 7.82. The lowest BCUT2D eigenvalue weighted by Gasteiger charge is -2.20. The van der Waals surface area contributed by atoms with Crippen molar-refractivity contribution in [1.82, 2.24) is 4.90 Å². The third kappa shape index (κ3) is 1.09. The second kappa shape index (κ2) is 2.80. The molecule has 2 aliphatic rings. The van der Waals surface area contributed by atoms with Crippen LogP contribution in [0.15, 0.2) is 0 Å². The van der Waals surface area contributed by atoms with Gasteiger partial charge in [0.1, 0.15) is 0 Å². The number of carbonyl (C=O) groups excluding carboxylic acids is 2. The minimum absolute atomic E-state index is 0.184. The van der Waals surface area contributed by atoms with E-state index in [-0.39, 0.29) is 29.8 Å². The molecule has 0 aromatic carbocycles. The van der Waals surface area contributed by atoms with Gasteiger partial charge in [-0.15, -0.1) is 0 Å². The van der Waals surface area contributed by atoms with Gasteiger partial charge in [0, 0.05) is 12.6 Å². The zero-order valence-electron chi connectivity index (χ0n) is 7.82. The van der Waals surface area contributed by atoms with E-state index in [1.165, 1.54) is 0 Å². The van der Waals surface area contributed by atoms with E-state index >= 15 is 0 Å². The van der Waals surface area contributed by atoms with E-state index in [0.717, 1.165) is 6.42 Å². The number of hydrogen-bond acceptors (Lipinski definition) is 4. The Morgan fingerprint density at radius 3 is 2.77 bits per heavy atom. The minimum Gasteiger partial charge on any atom is -0.393 e. The molecule has 72 valence electrons. The lowest BCUT2D eigenvalue weighted by molar-refractivity contribution is -0.155. The standard InChI is InChI=1S/C9H13NO3/c1-3-6-7-5(4-10(6)2)8(11)13-9(7)12/h5-7H,3-4H2,1-2H3. The zero-order chi connectivity index (χ0) is 9.59. The van der Waals surface area contributed by atoms with E-state index in [4.69, 9.17) is 0 Å². The normalized spacial score (nSPS) is 39.4. The van der Waals surface area contributed by atoms with Crippen molar-refractivity contribution < 1.29 is 14.3 Å². The average Bonchev–Trinajstić information content (AvgIpc) is 2.52. The van der Waals surface area contributed by atoms with Gasteiger partial charge in [0.25, 0.3) is 0 Å². The molecule has 4 heteroatoms. The van der Waals surface area contributed by atoms with Crippen LogP contribution in [0, 0.1) is 11.8 Å². The molecule has 3 unspecified atom stereocenters. The Balaban J connectivity index is 2.26. The number of fused-ring (bicyclic) bond motifs is 1. The Kier molecular flexibility index (Phi) is 1.87. The van der Waals surface area contributed by atoms with Crippen LogP contribution in [0.1, 0.15) is 13.3 Å². The summed E-state index contributed by atoms with van der Waals surface area (Å²) in [7, 11) is 1.95. The van der Waals surface area contributed by atoms with Crippen molar-refractivity contribution in [2.75, 3.05) is 13.6 Å². The van der Waals surface area contributed by atoms with E-state index in [1.54, 1.807) is 0 Å². The van der Waals surface area contributed by atoms with Gasteiger partial charge in [0.15, 0.2) is 0 Å². The Morgan fingerprint density at radius 2 is 2.15 bits per heavy atom. The summed E-state index contributed by atoms with van der Waals surface area (Å²) in [6, 6.07) is 0.184. The van der Waals surface area contributed by atoms with Crippen LogP contribution in [-0.4, -0.2) is 36.5 Å². The van der Waals surface area contributed by atoms with Crippen LogP contribution in [0.25, 0.3) is 0 Å². The van der Waals surface area contributed by atoms with Crippen molar-refractivity contribution in [3.05, 3.63) is 0 Å². The SMILES string of the molecule is CCC1C2C(=O)OC(=O)C2CN1C. The quantitative estimate of drug-likeness (QED) is 0.425. The Hall–Kier alpha value is -0.900. The van der Waals surface area contributed by atoms with E-state index in [2.05, 4.69) is 9.64 Å². The smallest absolute Gasteiger partial charge is 0.319 e. The fraction of sp³-hybridized carbons (Fsp3) is 0.778. The molecule has 0 radical (unpaired) electrons. The van der Waals surface area contributed by atoms with Gasteiger partial charge in [-0.3, -0.25) is 9.59 Å². The third-order valence-electron chi connectivity index (χ3n) is 3.09. The van der Waals surface area contributed by atoms with E-state index in [9.17, 15) is 9.59 Å². The van der Waals surface area contributed by atoms with Crippen LogP contribution in [0.4, 0.5) is 0 Å². The maximum atomic E-state index is 11.3. The Labute approximate surface area is 76.8 Å². The highest BCUT2D eigenvalue weighted by atomic mass is 16.6. The maximum absolute atomic E-state index is 11.3. The number of esters is 2. The summed E-state index contributed by atoms with van der Waals surface area (Å²) in [5.74, 6) is -1.08. The summed E-state index contributed by atoms with van der Waals surface area (Å²) in [6.45, 7) is 2.69. The van der Waals surface area contributed by atoms with Gasteiger partial charge in [-0.1, -0.05) is 6.92 Å². The van der Waals surface area contributed by atoms with Crippen LogP contribution in [0.5, 0.6) is 0 Å². The van der Waals surface area contributed by atoms with Gasteiger partial charge in [-0.25, -0.2) is 0 Å². The largest absolute Gasteiger partial charge is 0.393 e. The second-order valence-electron chi connectivity index (χ2n) is 3.79. The second-order valence-corrected chi connectivity index (χ2v) is 3.79. The molecule has 0 N–H and O–H groups in total. The van der Waals surface area contributed by atoms with Crippen LogP contribution >= 0.6 is 0 Å². The number of likely N-dealkylation sites (tertiary alicyclic amines) is 1. The number of nitrogens with zero attached hydrogens (tertiary/aromatic N) is 1. The van der Waals surface area contributed by atoms with E-state index in [1.807, 2.05) is 14.0 Å². The van der Waals surface area contributed by atoms with Crippen LogP contribution in [0.3, 0.4) is 0 Å². The lowest BCUT2D eigenvalue weighted by Crippen LogP contribution is -2.32. The van der Waals surface area contributed by atoms with Crippen LogP contribution < -0.4 is 0 Å². The summed E-state index contributed by atoms with van der Waals surface area (Å²) in [6.07, 6.45) is 0.889. The fourth-order valence-electron chi connectivity index (χ4n) is 2.45. The predicted octanol–water partition coefficient (Wildman–Crippen LogP) is 0.0262. The average molecular weight is 183 g/mol. The molecule has 4 nitrogen and oxygen atoms in total. The summed E-state index contributed by atoms with van der Waals surface area (Å²) in [5, 5.41) is 0. The van der Waals surface area contributed by atoms with E-state index in [0.29, 0.717) is 6.54 Å². The molecular weight excluding hydrogens is 170 g/mol. The molecule has 3 atom stereocenters. The van der Waals surface area contributed by atoms with Crippen molar-refractivity contribution in [2.45, 2.75) is 19.4 Å². The molecule has 2 aliphatic heterocycles. The molecule has 2 fully saturated rings. The lowest BCUT2D eigenvalue weighted by atomic mass is 9.92. The number of hydrogen-bond donors (Lipinski definition) is 0. The molecular formula is C9H13NO3. The summed E-state index contributed by atoms with van der Waals surface area (Å²) < 4.78 is 4.60. The van der Waals surface area contributed by atoms with Gasteiger partial charge in [-0.05, 0) is 13.5 Å². The topological polar surface area (TPSA) is 46.6 Å². The van der Waals surface area contributed by atoms with Gasteiger partial charge < -0.3 is 9.64 Å². The number of cyclic esters (lactones) is 2. The highest BCUT2D eigenvalue weighted by Crippen LogP contribution is 2.36. The first kappa shape index (κ1) is 8.69. The van der Waals surface area contributed by atoms with Crippen molar-refractivity contribution in [2.24, 2.45) is 11.8 Å². The fourth-order valence-corrected chi connectivity index (χ4v) is 2.45. The first-order chi connectivity index (χ1) is 6.15. The molecule has 0 aliphatic carbocycles. The first-order valence-electron chi connectivity index (χ1n) is 4.61. The van der Waals surface area contributed by atoms with Crippen molar-refractivity contribution >= 4 is 11.9 Å². The van der Waals surface area contributed by atoms with Gasteiger partial charge in [0.05, 0.1) is 11.8 Å². The molecule has 0 saturated carbocycles. The van der Waals surface area contributed by atoms with Gasteiger partial charge in [-0.2, -0.15) is 0 Å². The number of ether oxygens (including phenoxy) is 1. The third-order valence-corrected chi connectivity index (χ3v) is 3.09. The molecule has 0 amide bonds. The number of rotatable bonds is 1. The predicted molar refractivity (Wildman–Crippen MR) is 44.8 cm³/mol. The maximum Gasteiger partial charge on any atom is 0.319 e. The monoisotopic (exact) mass is 183 g/mol. The van der Waals surface area contributed by atoms with Gasteiger partial charge in [0.2, 0.25) is 0 Å². The van der Waals surface area contributed by atoms with Crippen LogP contribution in [0.2, 0.25) is 0 Å². The summed E-state index contributed by atoms with van der Waals surface area (Å²) in [4.78, 5) is 24.6.